The molecule has 0 bridgehead atoms. The Morgan fingerprint density at radius 3 is 2.11 bits per heavy atom. The van der Waals surface area contributed by atoms with Gasteiger partial charge in [-0.2, -0.15) is 0 Å². The minimum absolute atomic E-state index is 0.000719. The molecule has 4 N–H and O–H groups in total. The molecule has 5 aliphatic heterocycles. The van der Waals surface area contributed by atoms with E-state index in [9.17, 15) is 38.4 Å². The lowest BCUT2D eigenvalue weighted by Gasteiger charge is -2.48. The van der Waals surface area contributed by atoms with E-state index in [-0.39, 0.29) is 65.0 Å². The van der Waals surface area contributed by atoms with Crippen molar-refractivity contribution in [3.63, 3.8) is 0 Å². The zero-order valence-corrected chi connectivity index (χ0v) is 46.0. The van der Waals surface area contributed by atoms with Gasteiger partial charge in [-0.05, 0) is 125 Å². The maximum Gasteiger partial charge on any atom is 0.408 e. The summed E-state index contributed by atoms with van der Waals surface area (Å²) in [5.41, 5.74) is 2.86. The Morgan fingerprint density at radius 1 is 0.785 bits per heavy atom. The highest BCUT2D eigenvalue weighted by molar-refractivity contribution is 6.24. The number of imide groups is 2. The normalized spacial score (nSPS) is 18.9. The molecule has 22 heteroatoms. The number of pyridine rings is 1. The van der Waals surface area contributed by atoms with Crippen LogP contribution in [0.5, 0.6) is 5.75 Å². The number of alkyl carbamates (subject to hydrolysis) is 1. The minimum Gasteiger partial charge on any atom is -0.483 e. The van der Waals surface area contributed by atoms with Crippen LogP contribution in [-0.2, 0) is 23.9 Å². The van der Waals surface area contributed by atoms with Crippen molar-refractivity contribution in [3.05, 3.63) is 83.7 Å². The van der Waals surface area contributed by atoms with E-state index in [1.807, 2.05) is 67.8 Å². The second-order valence-electron chi connectivity index (χ2n) is 23.3. The molecule has 0 radical (unpaired) electrons. The first-order valence-electron chi connectivity index (χ1n) is 27.0. The summed E-state index contributed by atoms with van der Waals surface area (Å²) < 4.78 is 11.3. The Morgan fingerprint density at radius 2 is 1.47 bits per heavy atom. The van der Waals surface area contributed by atoms with Crippen LogP contribution in [0.2, 0.25) is 0 Å². The monoisotopic (exact) mass is 1080 g/mol. The molecule has 9 amide bonds. The van der Waals surface area contributed by atoms with E-state index >= 15 is 0 Å². The number of piperidine rings is 3. The smallest absolute Gasteiger partial charge is 0.408 e. The van der Waals surface area contributed by atoms with E-state index in [2.05, 4.69) is 31.2 Å². The van der Waals surface area contributed by atoms with Crippen LogP contribution in [0, 0.1) is 17.8 Å². The third-order valence-electron chi connectivity index (χ3n) is 15.2. The summed E-state index contributed by atoms with van der Waals surface area (Å²) in [6.45, 7) is 17.7. The molecule has 2 aromatic heterocycles. The lowest BCUT2D eigenvalue weighted by Crippen LogP contribution is -2.56. The SMILES string of the molecule is Cc1cc(NC(=O)[C@@H](CC(C)(C)C)NC(=O)OC(C)(C)C)ccc1-c1ccnc(Nc2ccc(N3CCN(C(=O)N4CCC5(CCN(C(=O)COc6cccc7c6C(=O)N(C6CCC(=O)NC6=O)C7=O)CC5)CC4)CC3)nc2)n1. The van der Waals surface area contributed by atoms with Crippen molar-refractivity contribution in [3.8, 4) is 17.0 Å². The fraction of sp³-hybridized carbons (Fsp3) is 0.491. The third kappa shape index (κ3) is 13.1. The first-order valence-corrected chi connectivity index (χ1v) is 27.0. The van der Waals surface area contributed by atoms with Gasteiger partial charge in [0.2, 0.25) is 23.7 Å². The first kappa shape index (κ1) is 55.6. The predicted molar refractivity (Wildman–Crippen MR) is 292 cm³/mol. The maximum atomic E-state index is 13.8. The van der Waals surface area contributed by atoms with Crippen LogP contribution in [0.15, 0.2) is 67.0 Å². The summed E-state index contributed by atoms with van der Waals surface area (Å²) in [6.07, 6.45) is 6.49. The van der Waals surface area contributed by atoms with Gasteiger partial charge in [0, 0.05) is 76.2 Å². The average molecular weight is 1080 g/mol. The standard InChI is InChI=1S/C57H70N12O10/c1-35-31-36(60-48(72)41(32-55(2,3)4)63-53(76)79-56(5,6)7)11-13-38(35)40-17-22-58-52(62-40)61-37-12-15-44(59-33-37)65-27-29-68(30-28-65)54(77)67-25-20-57(21-26-67)18-23-66(24-19-57)46(71)34-78-43-10-8-9-39-47(43)51(75)69(50(39)74)42-14-16-45(70)64-49(42)73/h8-13,15,17,22,31,33,41-42H,14,16,18-21,23-30,32,34H2,1-7H3,(H,60,72)(H,63,76)(H,58,61,62)(H,64,70,73)/t41-,42?/m1/s1. The number of anilines is 4. The molecule has 7 heterocycles. The number of nitrogens with zero attached hydrogens (tertiary/aromatic N) is 8. The second-order valence-corrected chi connectivity index (χ2v) is 23.3. The summed E-state index contributed by atoms with van der Waals surface area (Å²) in [7, 11) is 0. The number of ether oxygens (including phenoxy) is 2. The minimum atomic E-state index is -1.11. The summed E-state index contributed by atoms with van der Waals surface area (Å²) in [4.78, 5) is 127. The molecule has 4 aromatic rings. The number of piperazine rings is 1. The van der Waals surface area contributed by atoms with Crippen LogP contribution in [-0.4, -0.2) is 159 Å². The largest absolute Gasteiger partial charge is 0.483 e. The molecule has 2 aromatic carbocycles. The van der Waals surface area contributed by atoms with Crippen molar-refractivity contribution in [2.75, 3.05) is 74.5 Å². The van der Waals surface area contributed by atoms with E-state index in [0.717, 1.165) is 47.5 Å². The summed E-state index contributed by atoms with van der Waals surface area (Å²) in [5.74, 6) is -1.82. The Balaban J connectivity index is 0.703. The van der Waals surface area contributed by atoms with E-state index in [4.69, 9.17) is 19.4 Å². The van der Waals surface area contributed by atoms with Gasteiger partial charge in [0.25, 0.3) is 17.7 Å². The van der Waals surface area contributed by atoms with Crippen molar-refractivity contribution in [1.29, 1.82) is 0 Å². The molecular formula is C57H70N12O10. The highest BCUT2D eigenvalue weighted by Gasteiger charge is 2.47. The summed E-state index contributed by atoms with van der Waals surface area (Å²) in [5, 5.41) is 11.2. The van der Waals surface area contributed by atoms with Crippen LogP contribution in [0.1, 0.15) is 113 Å². The van der Waals surface area contributed by atoms with Crippen LogP contribution in [0.3, 0.4) is 0 Å². The number of benzene rings is 2. The maximum absolute atomic E-state index is 13.8. The fourth-order valence-electron chi connectivity index (χ4n) is 10.9. The molecule has 418 valence electrons. The number of amides is 9. The van der Waals surface area contributed by atoms with Crippen LogP contribution < -0.4 is 30.9 Å². The van der Waals surface area contributed by atoms with Gasteiger partial charge in [-0.25, -0.2) is 24.5 Å². The third-order valence-corrected chi connectivity index (χ3v) is 15.2. The van der Waals surface area contributed by atoms with Crippen LogP contribution in [0.4, 0.5) is 32.7 Å². The molecule has 0 aliphatic carbocycles. The topological polar surface area (TPSA) is 258 Å². The number of hydrogen-bond acceptors (Lipinski definition) is 15. The zero-order chi connectivity index (χ0) is 56.4. The first-order chi connectivity index (χ1) is 37.5. The van der Waals surface area contributed by atoms with Crippen LogP contribution in [0.25, 0.3) is 11.3 Å². The van der Waals surface area contributed by atoms with E-state index in [1.165, 1.54) is 12.1 Å². The average Bonchev–Trinajstić information content (AvgIpc) is 3.88. The van der Waals surface area contributed by atoms with Crippen molar-refractivity contribution in [2.24, 2.45) is 10.8 Å². The number of carbonyl (C=O) groups excluding carboxylic acids is 8. The molecule has 22 nitrogen and oxygen atoms in total. The van der Waals surface area contributed by atoms with Crippen molar-refractivity contribution >= 4 is 70.7 Å². The van der Waals surface area contributed by atoms with Gasteiger partial charge < -0.3 is 45.0 Å². The van der Waals surface area contributed by atoms with E-state index in [0.29, 0.717) is 81.8 Å². The van der Waals surface area contributed by atoms with Gasteiger partial charge in [-0.15, -0.1) is 0 Å². The summed E-state index contributed by atoms with van der Waals surface area (Å²) >= 11 is 0. The molecule has 5 aliphatic rings. The molecule has 0 saturated carbocycles. The number of nitrogens with one attached hydrogen (secondary N) is 4. The van der Waals surface area contributed by atoms with Gasteiger partial charge in [0.15, 0.2) is 6.61 Å². The molecular weight excluding hydrogens is 1010 g/mol. The van der Waals surface area contributed by atoms with Crippen molar-refractivity contribution in [2.45, 2.75) is 111 Å². The molecule has 9 rings (SSSR count). The highest BCUT2D eigenvalue weighted by Crippen LogP contribution is 2.42. The lowest BCUT2D eigenvalue weighted by atomic mass is 9.71. The number of likely N-dealkylation sites (tertiary alicyclic amines) is 2. The molecule has 4 saturated heterocycles. The van der Waals surface area contributed by atoms with Crippen LogP contribution >= 0.6 is 0 Å². The second kappa shape index (κ2) is 22.7. The summed E-state index contributed by atoms with van der Waals surface area (Å²) in [6, 6.07) is 13.9. The Hall–Kier alpha value is -8.17. The van der Waals surface area contributed by atoms with E-state index in [1.54, 1.807) is 50.2 Å². The van der Waals surface area contributed by atoms with Gasteiger partial charge in [0.1, 0.15) is 29.3 Å². The Bertz CT molecular complexity index is 3020. The fourth-order valence-corrected chi connectivity index (χ4v) is 10.9. The molecule has 4 fully saturated rings. The van der Waals surface area contributed by atoms with Gasteiger partial charge in [0.05, 0.1) is 28.7 Å². The number of fused-ring (bicyclic) bond motifs is 1. The highest BCUT2D eigenvalue weighted by atomic mass is 16.6. The molecule has 79 heavy (non-hydrogen) atoms. The molecule has 2 atom stereocenters. The quantitative estimate of drug-likeness (QED) is 0.114. The number of carbonyl (C=O) groups is 8. The van der Waals surface area contributed by atoms with Gasteiger partial charge >= 0.3 is 12.1 Å². The number of aryl methyl sites for hydroxylation is 1. The number of hydrogen-bond donors (Lipinski definition) is 4. The van der Waals surface area contributed by atoms with Crippen molar-refractivity contribution < 1.29 is 47.8 Å². The molecule has 1 unspecified atom stereocenters. The van der Waals surface area contributed by atoms with E-state index < -0.39 is 47.4 Å². The number of aromatic nitrogens is 3. The number of rotatable bonds is 12. The number of urea groups is 1. The Kier molecular flexibility index (Phi) is 15.9. The molecule has 1 spiro atoms. The van der Waals surface area contributed by atoms with Gasteiger partial charge in [-0.1, -0.05) is 32.9 Å². The lowest BCUT2D eigenvalue weighted by molar-refractivity contribution is -0.137. The zero-order valence-electron chi connectivity index (χ0n) is 46.0. The van der Waals surface area contributed by atoms with Gasteiger partial charge in [-0.3, -0.25) is 39.0 Å². The Labute approximate surface area is 459 Å². The van der Waals surface area contributed by atoms with Crippen molar-refractivity contribution in [1.82, 2.24) is 45.2 Å². The predicted octanol–water partition coefficient (Wildman–Crippen LogP) is 6.29.